The highest BCUT2D eigenvalue weighted by Gasteiger charge is 2.56. The van der Waals surface area contributed by atoms with Crippen molar-refractivity contribution in [1.29, 1.82) is 0 Å². The van der Waals surface area contributed by atoms with Gasteiger partial charge in [-0.2, -0.15) is 0 Å². The van der Waals surface area contributed by atoms with E-state index in [0.717, 1.165) is 0 Å². The van der Waals surface area contributed by atoms with Crippen molar-refractivity contribution in [2.45, 2.75) is 25.5 Å². The first kappa shape index (κ1) is 13.4. The van der Waals surface area contributed by atoms with Gasteiger partial charge in [0.1, 0.15) is 5.70 Å². The number of fused-ring (bicyclic) bond motifs is 1. The molecule has 1 fully saturated rings. The van der Waals surface area contributed by atoms with Crippen LogP contribution in [0.2, 0.25) is 0 Å². The second-order valence-electron chi connectivity index (χ2n) is 4.40. The molecule has 100 valence electrons. The minimum atomic E-state index is -1.13. The summed E-state index contributed by atoms with van der Waals surface area (Å²) < 4.78 is 0. The normalized spacial score (nSPS) is 28.2. The van der Waals surface area contributed by atoms with Crippen molar-refractivity contribution in [2.24, 2.45) is 5.92 Å². The maximum Gasteiger partial charge on any atom is 0.353 e. The van der Waals surface area contributed by atoms with Gasteiger partial charge >= 0.3 is 5.97 Å². The Morgan fingerprint density at radius 3 is 2.78 bits per heavy atom. The van der Waals surface area contributed by atoms with Crippen molar-refractivity contribution in [2.75, 3.05) is 12.4 Å². The molecule has 2 aliphatic heterocycles. The number of β-lactam (4-membered cyclic amide) rings is 1. The zero-order valence-electron chi connectivity index (χ0n) is 9.87. The van der Waals surface area contributed by atoms with Crippen LogP contribution in [0.3, 0.4) is 0 Å². The second kappa shape index (κ2) is 4.91. The smallest absolute Gasteiger partial charge is 0.353 e. The van der Waals surface area contributed by atoms with Crippen LogP contribution < -0.4 is 0 Å². The van der Waals surface area contributed by atoms with Crippen molar-refractivity contribution in [1.82, 2.24) is 4.90 Å². The van der Waals surface area contributed by atoms with Crippen LogP contribution in [0.25, 0.3) is 0 Å². The molecule has 2 aliphatic rings. The molecule has 0 aromatic heterocycles. The molecule has 2 heterocycles. The largest absolute Gasteiger partial charge is 0.477 e. The van der Waals surface area contributed by atoms with Gasteiger partial charge in [0.05, 0.1) is 24.7 Å². The first-order chi connectivity index (χ1) is 8.49. The van der Waals surface area contributed by atoms with E-state index in [1.54, 1.807) is 6.92 Å². The number of thioether (sulfide) groups is 1. The van der Waals surface area contributed by atoms with E-state index in [4.69, 9.17) is 10.2 Å². The first-order valence-corrected chi connectivity index (χ1v) is 6.68. The van der Waals surface area contributed by atoms with Crippen LogP contribution in [-0.2, 0) is 9.59 Å². The summed E-state index contributed by atoms with van der Waals surface area (Å²) in [5.74, 6) is -1.56. The Labute approximate surface area is 108 Å². The van der Waals surface area contributed by atoms with Crippen molar-refractivity contribution in [3.05, 3.63) is 10.6 Å². The van der Waals surface area contributed by atoms with Gasteiger partial charge in [-0.15, -0.1) is 11.8 Å². The molecule has 0 radical (unpaired) electrons. The number of hydrogen-bond acceptors (Lipinski definition) is 5. The Kier molecular flexibility index (Phi) is 3.65. The van der Waals surface area contributed by atoms with Crippen molar-refractivity contribution in [3.63, 3.8) is 0 Å². The summed E-state index contributed by atoms with van der Waals surface area (Å²) in [6.45, 7) is 1.50. The fourth-order valence-electron chi connectivity index (χ4n) is 2.53. The molecule has 18 heavy (non-hydrogen) atoms. The number of carbonyl (C=O) groups excluding carboxylic acids is 1. The molecule has 2 rings (SSSR count). The minimum absolute atomic E-state index is 0.0142. The SMILES string of the molecule is CC(O)C1C(=O)N2C(C(=O)O)=C(SCCO)CC12. The fourth-order valence-corrected chi connectivity index (χ4v) is 3.48. The standard InChI is InChI=1S/C11H15NO5S/c1-5(14)8-6-4-7(18-3-2-13)9(11(16)17)12(6)10(8)15/h5-6,8,13-14H,2-4H2,1H3,(H,16,17). The van der Waals surface area contributed by atoms with Crippen LogP contribution in [0.5, 0.6) is 0 Å². The lowest BCUT2D eigenvalue weighted by Crippen LogP contribution is -2.61. The number of rotatable bonds is 5. The molecular formula is C11H15NO5S. The zero-order chi connectivity index (χ0) is 13.4. The number of aliphatic carboxylic acids is 1. The molecule has 3 unspecified atom stereocenters. The topological polar surface area (TPSA) is 98.1 Å². The Morgan fingerprint density at radius 1 is 1.61 bits per heavy atom. The molecular weight excluding hydrogens is 258 g/mol. The van der Waals surface area contributed by atoms with Gasteiger partial charge in [-0.1, -0.05) is 0 Å². The predicted molar refractivity (Wildman–Crippen MR) is 64.6 cm³/mol. The van der Waals surface area contributed by atoms with Gasteiger partial charge in [-0.25, -0.2) is 4.79 Å². The van der Waals surface area contributed by atoms with Gasteiger partial charge in [0.15, 0.2) is 0 Å². The highest BCUT2D eigenvalue weighted by Crippen LogP contribution is 2.46. The van der Waals surface area contributed by atoms with Gasteiger partial charge in [0.2, 0.25) is 5.91 Å². The summed E-state index contributed by atoms with van der Waals surface area (Å²) in [5, 5.41) is 27.5. The molecule has 0 spiro atoms. The third-order valence-corrected chi connectivity index (χ3v) is 4.35. The average Bonchev–Trinajstić information content (AvgIpc) is 2.60. The molecule has 3 N–H and O–H groups in total. The highest BCUT2D eigenvalue weighted by molar-refractivity contribution is 8.03. The molecule has 1 saturated heterocycles. The summed E-state index contributed by atoms with van der Waals surface area (Å²) in [6, 6.07) is -0.246. The van der Waals surface area contributed by atoms with Crippen LogP contribution in [0.1, 0.15) is 13.3 Å². The van der Waals surface area contributed by atoms with Crippen LogP contribution in [0.15, 0.2) is 10.6 Å². The highest BCUT2D eigenvalue weighted by atomic mass is 32.2. The molecule has 0 bridgehead atoms. The molecule has 0 saturated carbocycles. The number of nitrogens with zero attached hydrogens (tertiary/aromatic N) is 1. The van der Waals surface area contributed by atoms with Crippen LogP contribution in [0, 0.1) is 5.92 Å². The number of aliphatic hydroxyl groups is 2. The average molecular weight is 273 g/mol. The number of carbonyl (C=O) groups is 2. The number of carboxylic acid groups (broad SMARTS) is 1. The number of amides is 1. The lowest BCUT2D eigenvalue weighted by atomic mass is 9.83. The van der Waals surface area contributed by atoms with Crippen molar-refractivity contribution >= 4 is 23.6 Å². The van der Waals surface area contributed by atoms with E-state index < -0.39 is 18.0 Å². The van der Waals surface area contributed by atoms with Crippen LogP contribution in [0.4, 0.5) is 0 Å². The summed E-state index contributed by atoms with van der Waals surface area (Å²) >= 11 is 1.26. The third kappa shape index (κ3) is 1.92. The molecule has 1 amide bonds. The van der Waals surface area contributed by atoms with Gasteiger partial charge in [-0.3, -0.25) is 4.79 Å². The Balaban J connectivity index is 2.21. The van der Waals surface area contributed by atoms with E-state index in [2.05, 4.69) is 0 Å². The van der Waals surface area contributed by atoms with E-state index >= 15 is 0 Å². The zero-order valence-corrected chi connectivity index (χ0v) is 10.7. The van der Waals surface area contributed by atoms with E-state index in [0.29, 0.717) is 17.1 Å². The quantitative estimate of drug-likeness (QED) is 0.591. The lowest BCUT2D eigenvalue weighted by molar-refractivity contribution is -0.161. The molecule has 0 aromatic rings. The third-order valence-electron chi connectivity index (χ3n) is 3.26. The van der Waals surface area contributed by atoms with Gasteiger partial charge in [0.25, 0.3) is 0 Å². The molecule has 0 aliphatic carbocycles. The Morgan fingerprint density at radius 2 is 2.28 bits per heavy atom. The van der Waals surface area contributed by atoms with E-state index in [-0.39, 0.29) is 24.3 Å². The number of hydrogen-bond donors (Lipinski definition) is 3. The Bertz CT molecular complexity index is 420. The number of carboxylic acids is 1. The van der Waals surface area contributed by atoms with Gasteiger partial charge in [0, 0.05) is 17.1 Å². The van der Waals surface area contributed by atoms with E-state index in [1.807, 2.05) is 0 Å². The summed E-state index contributed by atoms with van der Waals surface area (Å²) in [6.07, 6.45) is -0.316. The van der Waals surface area contributed by atoms with Crippen LogP contribution >= 0.6 is 11.8 Å². The fraction of sp³-hybridized carbons (Fsp3) is 0.636. The minimum Gasteiger partial charge on any atom is -0.477 e. The Hall–Kier alpha value is -1.05. The summed E-state index contributed by atoms with van der Waals surface area (Å²) in [4.78, 5) is 24.9. The van der Waals surface area contributed by atoms with Crippen LogP contribution in [-0.4, -0.2) is 56.6 Å². The maximum absolute atomic E-state index is 11.8. The predicted octanol–water partition coefficient (Wildman–Crippen LogP) is -0.380. The molecule has 6 nitrogen and oxygen atoms in total. The summed E-state index contributed by atoms with van der Waals surface area (Å²) in [5.41, 5.74) is 0.0142. The maximum atomic E-state index is 11.8. The molecule has 0 aromatic carbocycles. The van der Waals surface area contributed by atoms with Gasteiger partial charge < -0.3 is 20.2 Å². The lowest BCUT2D eigenvalue weighted by Gasteiger charge is -2.44. The second-order valence-corrected chi connectivity index (χ2v) is 5.58. The summed E-state index contributed by atoms with van der Waals surface area (Å²) in [7, 11) is 0. The number of aliphatic hydroxyl groups excluding tert-OH is 2. The molecule has 7 heteroatoms. The van der Waals surface area contributed by atoms with E-state index in [1.165, 1.54) is 16.7 Å². The van der Waals surface area contributed by atoms with E-state index in [9.17, 15) is 14.7 Å². The molecule has 3 atom stereocenters. The van der Waals surface area contributed by atoms with Crippen molar-refractivity contribution in [3.8, 4) is 0 Å². The van der Waals surface area contributed by atoms with Crippen molar-refractivity contribution < 1.29 is 24.9 Å². The van der Waals surface area contributed by atoms with Gasteiger partial charge in [-0.05, 0) is 6.92 Å². The first-order valence-electron chi connectivity index (χ1n) is 5.70. The monoisotopic (exact) mass is 273 g/mol.